The topological polar surface area (TPSA) is 52.6 Å². The molecule has 0 bridgehead atoms. The number of ether oxygens (including phenoxy) is 2. The Hall–Kier alpha value is -2.66. The number of hydrogen-bond donors (Lipinski definition) is 0. The molecule has 2 aromatic carbocycles. The number of carbonyl (C=O) groups is 2. The van der Waals surface area contributed by atoms with Crippen molar-refractivity contribution in [1.82, 2.24) is 0 Å². The van der Waals surface area contributed by atoms with Crippen LogP contribution in [0.4, 0.5) is 0 Å². The van der Waals surface area contributed by atoms with Crippen molar-refractivity contribution in [2.45, 2.75) is 0 Å². The van der Waals surface area contributed by atoms with Gasteiger partial charge < -0.3 is 9.47 Å². The summed E-state index contributed by atoms with van der Waals surface area (Å²) in [6, 6.07) is 14.3. The number of hydrogen-bond acceptors (Lipinski definition) is 4. The highest BCUT2D eigenvalue weighted by molar-refractivity contribution is 9.10. The molecular weight excluding hydrogens is 372 g/mol. The minimum absolute atomic E-state index is 0.396. The van der Waals surface area contributed by atoms with Crippen molar-refractivity contribution in [3.63, 3.8) is 0 Å². The normalized spacial score (nSPS) is 15.2. The molecule has 0 atom stereocenters. The summed E-state index contributed by atoms with van der Waals surface area (Å²) < 4.78 is 10.9. The third-order valence-electron chi connectivity index (χ3n) is 3.51. The molecule has 0 aliphatic carbocycles. The van der Waals surface area contributed by atoms with Gasteiger partial charge in [-0.05, 0) is 42.0 Å². The zero-order valence-corrected chi connectivity index (χ0v) is 14.4. The number of carbonyl (C=O) groups excluding carboxylic acids is 2. The average molecular weight is 385 g/mol. The lowest BCUT2D eigenvalue weighted by atomic mass is 10.1. The van der Waals surface area contributed by atoms with Crippen molar-refractivity contribution >= 4 is 39.7 Å². The van der Waals surface area contributed by atoms with Crippen LogP contribution in [-0.4, -0.2) is 19.0 Å². The monoisotopic (exact) mass is 384 g/mol. The van der Waals surface area contributed by atoms with Crippen LogP contribution in [0.1, 0.15) is 21.5 Å². The third-order valence-corrected chi connectivity index (χ3v) is 4.04. The van der Waals surface area contributed by atoms with E-state index in [0.29, 0.717) is 16.9 Å². The van der Waals surface area contributed by atoms with Crippen molar-refractivity contribution in [2.75, 3.05) is 7.11 Å². The van der Waals surface area contributed by atoms with Crippen LogP contribution in [0.15, 0.2) is 64.7 Å². The van der Waals surface area contributed by atoms with Gasteiger partial charge >= 0.3 is 11.9 Å². The van der Waals surface area contributed by atoms with E-state index in [1.54, 1.807) is 36.4 Å². The summed E-state index contributed by atoms with van der Waals surface area (Å²) in [5.41, 5.74) is 2.54. The van der Waals surface area contributed by atoms with Gasteiger partial charge in [0, 0.05) is 10.0 Å². The van der Waals surface area contributed by atoms with Crippen LogP contribution < -0.4 is 0 Å². The van der Waals surface area contributed by atoms with Crippen molar-refractivity contribution in [2.24, 2.45) is 0 Å². The zero-order chi connectivity index (χ0) is 17.1. The minimum Gasteiger partial charge on any atom is -0.465 e. The molecule has 24 heavy (non-hydrogen) atoms. The van der Waals surface area contributed by atoms with Crippen LogP contribution in [0.25, 0.3) is 11.8 Å². The van der Waals surface area contributed by atoms with Crippen LogP contribution >= 0.6 is 15.9 Å². The summed E-state index contributed by atoms with van der Waals surface area (Å²) in [4.78, 5) is 23.4. The number of cyclic esters (lactones) is 1. The fourth-order valence-electron chi connectivity index (χ4n) is 2.26. The van der Waals surface area contributed by atoms with Crippen LogP contribution in [0.5, 0.6) is 0 Å². The summed E-state index contributed by atoms with van der Waals surface area (Å²) in [5.74, 6) is -0.276. The standard InChI is InChI=1S/C19H13BrO4/c1-23-18(21)14-4-2-12(3-5-14)10-15-11-17(24-19(15)22)13-6-8-16(20)9-7-13/h2-11H,1H3/b15-10-. The Morgan fingerprint density at radius 2 is 1.75 bits per heavy atom. The van der Waals surface area contributed by atoms with Gasteiger partial charge in [0.15, 0.2) is 0 Å². The van der Waals surface area contributed by atoms with E-state index in [-0.39, 0.29) is 0 Å². The van der Waals surface area contributed by atoms with Gasteiger partial charge in [0.05, 0.1) is 18.2 Å². The Balaban J connectivity index is 1.85. The maximum absolute atomic E-state index is 12.0. The first kappa shape index (κ1) is 16.2. The van der Waals surface area contributed by atoms with Gasteiger partial charge in [-0.25, -0.2) is 9.59 Å². The van der Waals surface area contributed by atoms with Gasteiger partial charge in [0.2, 0.25) is 0 Å². The SMILES string of the molecule is COC(=O)c1ccc(/C=C2/C=C(c3ccc(Br)cc3)OC2=O)cc1. The smallest absolute Gasteiger partial charge is 0.343 e. The van der Waals surface area contributed by atoms with E-state index in [1.807, 2.05) is 24.3 Å². The molecule has 5 heteroatoms. The van der Waals surface area contributed by atoms with Gasteiger partial charge in [-0.1, -0.05) is 40.2 Å². The molecule has 4 nitrogen and oxygen atoms in total. The molecule has 1 aliphatic rings. The molecule has 0 amide bonds. The maximum Gasteiger partial charge on any atom is 0.343 e. The number of methoxy groups -OCH3 is 1. The van der Waals surface area contributed by atoms with Crippen LogP contribution in [0, 0.1) is 0 Å². The highest BCUT2D eigenvalue weighted by Gasteiger charge is 2.21. The van der Waals surface area contributed by atoms with Crippen LogP contribution in [0.2, 0.25) is 0 Å². The van der Waals surface area contributed by atoms with Gasteiger partial charge in [0.1, 0.15) is 5.76 Å². The first-order valence-electron chi connectivity index (χ1n) is 7.17. The summed E-state index contributed by atoms with van der Waals surface area (Å²) in [7, 11) is 1.33. The van der Waals surface area contributed by atoms with E-state index in [0.717, 1.165) is 15.6 Å². The summed E-state index contributed by atoms with van der Waals surface area (Å²) in [5, 5.41) is 0. The van der Waals surface area contributed by atoms with Crippen molar-refractivity contribution in [1.29, 1.82) is 0 Å². The molecule has 0 saturated heterocycles. The predicted octanol–water partition coefficient (Wildman–Crippen LogP) is 4.22. The van der Waals surface area contributed by atoms with Crippen LogP contribution in [-0.2, 0) is 14.3 Å². The molecule has 1 heterocycles. The lowest BCUT2D eigenvalue weighted by Gasteiger charge is -2.01. The first-order chi connectivity index (χ1) is 11.6. The average Bonchev–Trinajstić information content (AvgIpc) is 2.96. The first-order valence-corrected chi connectivity index (χ1v) is 7.96. The molecule has 0 spiro atoms. The van der Waals surface area contributed by atoms with Crippen LogP contribution in [0.3, 0.4) is 0 Å². The number of rotatable bonds is 3. The van der Waals surface area contributed by atoms with E-state index >= 15 is 0 Å². The van der Waals surface area contributed by atoms with E-state index < -0.39 is 11.9 Å². The van der Waals surface area contributed by atoms with E-state index in [2.05, 4.69) is 20.7 Å². The molecule has 1 aliphatic heterocycles. The molecular formula is C19H13BrO4. The summed E-state index contributed by atoms with van der Waals surface area (Å²) in [6.45, 7) is 0. The predicted molar refractivity (Wildman–Crippen MR) is 94.0 cm³/mol. The number of esters is 2. The quantitative estimate of drug-likeness (QED) is 0.587. The number of halogens is 1. The zero-order valence-electron chi connectivity index (χ0n) is 12.8. The molecule has 0 fully saturated rings. The Morgan fingerprint density at radius 1 is 1.08 bits per heavy atom. The molecule has 0 N–H and O–H groups in total. The van der Waals surface area contributed by atoms with Crippen molar-refractivity contribution in [3.05, 3.63) is 81.3 Å². The van der Waals surface area contributed by atoms with Crippen molar-refractivity contribution in [3.8, 4) is 0 Å². The second-order valence-electron chi connectivity index (χ2n) is 5.12. The minimum atomic E-state index is -0.398. The Labute approximate surface area is 147 Å². The molecule has 0 saturated carbocycles. The fourth-order valence-corrected chi connectivity index (χ4v) is 2.52. The lowest BCUT2D eigenvalue weighted by Crippen LogP contribution is -2.00. The van der Waals surface area contributed by atoms with E-state index in [9.17, 15) is 9.59 Å². The third kappa shape index (κ3) is 3.46. The van der Waals surface area contributed by atoms with E-state index in [1.165, 1.54) is 7.11 Å². The maximum atomic E-state index is 12.0. The largest absolute Gasteiger partial charge is 0.465 e. The number of benzene rings is 2. The lowest BCUT2D eigenvalue weighted by molar-refractivity contribution is -0.130. The fraction of sp³-hybridized carbons (Fsp3) is 0.0526. The highest BCUT2D eigenvalue weighted by Crippen LogP contribution is 2.28. The van der Waals surface area contributed by atoms with Gasteiger partial charge in [0.25, 0.3) is 0 Å². The van der Waals surface area contributed by atoms with Gasteiger partial charge in [-0.15, -0.1) is 0 Å². The second-order valence-corrected chi connectivity index (χ2v) is 6.03. The van der Waals surface area contributed by atoms with Gasteiger partial charge in [-0.3, -0.25) is 0 Å². The Kier molecular flexibility index (Phi) is 4.62. The molecule has 120 valence electrons. The Bertz CT molecular complexity index is 846. The highest BCUT2D eigenvalue weighted by atomic mass is 79.9. The Morgan fingerprint density at radius 3 is 2.38 bits per heavy atom. The molecule has 0 radical (unpaired) electrons. The van der Waals surface area contributed by atoms with Gasteiger partial charge in [-0.2, -0.15) is 0 Å². The van der Waals surface area contributed by atoms with E-state index in [4.69, 9.17) is 4.74 Å². The molecule has 3 rings (SSSR count). The summed E-state index contributed by atoms with van der Waals surface area (Å²) >= 11 is 3.37. The molecule has 0 unspecified atom stereocenters. The molecule has 0 aromatic heterocycles. The second kappa shape index (κ2) is 6.84. The summed E-state index contributed by atoms with van der Waals surface area (Å²) in [6.07, 6.45) is 3.43. The molecule has 2 aromatic rings. The van der Waals surface area contributed by atoms with Crippen molar-refractivity contribution < 1.29 is 19.1 Å².